The lowest BCUT2D eigenvalue weighted by molar-refractivity contribution is -0.114. The van der Waals surface area contributed by atoms with Gasteiger partial charge in [0, 0.05) is 12.5 Å². The number of Topliss-reactive ketones (excluding diaryl/α,β-unsaturated/α-hetero) is 1. The Morgan fingerprint density at radius 3 is 2.74 bits per heavy atom. The van der Waals surface area contributed by atoms with E-state index in [2.05, 4.69) is 5.32 Å². The van der Waals surface area contributed by atoms with Gasteiger partial charge in [0.1, 0.15) is 5.82 Å². The highest BCUT2D eigenvalue weighted by molar-refractivity contribution is 6.09. The Morgan fingerprint density at radius 2 is 2.16 bits per heavy atom. The van der Waals surface area contributed by atoms with Gasteiger partial charge in [-0.05, 0) is 37.0 Å². The minimum absolute atomic E-state index is 0. The molecule has 0 saturated heterocycles. The van der Waals surface area contributed by atoms with Crippen LogP contribution in [0.15, 0.2) is 6.07 Å². The fraction of sp³-hybridized carbons (Fsp3) is 0.385. The number of amides is 1. The number of nitrogens with two attached hydrogens (primary N) is 1. The third kappa shape index (κ3) is 2.77. The number of nitrogens with one attached hydrogen (secondary N) is 1. The number of carbonyl (C=O) groups excluding carboxylic acids is 2. The first-order valence-electron chi connectivity index (χ1n) is 5.81. The molecule has 19 heavy (non-hydrogen) atoms. The monoisotopic (exact) mass is 286 g/mol. The third-order valence-corrected chi connectivity index (χ3v) is 3.25. The van der Waals surface area contributed by atoms with E-state index in [0.29, 0.717) is 29.5 Å². The van der Waals surface area contributed by atoms with Crippen molar-refractivity contribution in [1.29, 1.82) is 0 Å². The first-order chi connectivity index (χ1) is 8.41. The summed E-state index contributed by atoms with van der Waals surface area (Å²) in [4.78, 5) is 23.2. The van der Waals surface area contributed by atoms with Crippen LogP contribution in [0.25, 0.3) is 0 Å². The Morgan fingerprint density at radius 1 is 1.53 bits per heavy atom. The molecule has 4 nitrogen and oxygen atoms in total. The Bertz CT molecular complexity index is 546. The molecule has 1 aliphatic carbocycles. The van der Waals surface area contributed by atoms with Crippen LogP contribution in [0.1, 0.15) is 34.8 Å². The van der Waals surface area contributed by atoms with Gasteiger partial charge < -0.3 is 11.1 Å². The van der Waals surface area contributed by atoms with E-state index in [4.69, 9.17) is 5.73 Å². The van der Waals surface area contributed by atoms with Gasteiger partial charge in [-0.1, -0.05) is 0 Å². The van der Waals surface area contributed by atoms with Gasteiger partial charge in [-0.25, -0.2) is 4.39 Å². The van der Waals surface area contributed by atoms with Gasteiger partial charge in [0.15, 0.2) is 5.78 Å². The first-order valence-corrected chi connectivity index (χ1v) is 5.81. The van der Waals surface area contributed by atoms with Crippen molar-refractivity contribution in [3.05, 3.63) is 28.6 Å². The van der Waals surface area contributed by atoms with Gasteiger partial charge in [-0.15, -0.1) is 12.4 Å². The number of benzene rings is 1. The van der Waals surface area contributed by atoms with Crippen molar-refractivity contribution >= 4 is 29.8 Å². The molecule has 2 rings (SSSR count). The van der Waals surface area contributed by atoms with Gasteiger partial charge in [0.05, 0.1) is 11.7 Å². The lowest BCUT2D eigenvalue weighted by Crippen LogP contribution is -2.36. The molecule has 0 spiro atoms. The maximum atomic E-state index is 13.7. The Kier molecular flexibility index (Phi) is 4.66. The summed E-state index contributed by atoms with van der Waals surface area (Å²) < 4.78 is 13.7. The van der Waals surface area contributed by atoms with Crippen molar-refractivity contribution in [2.24, 2.45) is 5.73 Å². The molecule has 1 aliphatic rings. The number of carbonyl (C=O) groups is 2. The average molecular weight is 287 g/mol. The highest BCUT2D eigenvalue weighted by Gasteiger charge is 2.29. The van der Waals surface area contributed by atoms with E-state index in [0.717, 1.165) is 0 Å². The lowest BCUT2D eigenvalue weighted by Gasteiger charge is -2.24. The molecule has 3 N–H and O–H groups in total. The van der Waals surface area contributed by atoms with Crippen LogP contribution >= 0.6 is 12.4 Å². The highest BCUT2D eigenvalue weighted by atomic mass is 35.5. The topological polar surface area (TPSA) is 72.2 Å². The van der Waals surface area contributed by atoms with Crippen LogP contribution in [0, 0.1) is 12.7 Å². The maximum Gasteiger partial charge on any atom is 0.221 e. The van der Waals surface area contributed by atoms with Gasteiger partial charge in [0.2, 0.25) is 5.91 Å². The second kappa shape index (κ2) is 5.67. The molecule has 0 heterocycles. The van der Waals surface area contributed by atoms with Gasteiger partial charge in [-0.3, -0.25) is 9.59 Å². The Balaban J connectivity index is 0.00000180. The summed E-state index contributed by atoms with van der Waals surface area (Å²) in [6.45, 7) is 2.95. The molecule has 1 atom stereocenters. The fourth-order valence-electron chi connectivity index (χ4n) is 2.30. The normalized spacial score (nSPS) is 17.5. The second-order valence-electron chi connectivity index (χ2n) is 4.58. The largest absolute Gasteiger partial charge is 0.326 e. The quantitative estimate of drug-likeness (QED) is 0.829. The van der Waals surface area contributed by atoms with Crippen LogP contribution in [0.5, 0.6) is 0 Å². The van der Waals surface area contributed by atoms with Crippen molar-refractivity contribution in [1.82, 2.24) is 0 Å². The molecule has 1 aromatic rings. The summed E-state index contributed by atoms with van der Waals surface area (Å²) in [5, 5.41) is 2.50. The molecule has 1 amide bonds. The molecule has 0 aliphatic heterocycles. The zero-order valence-electron chi connectivity index (χ0n) is 10.7. The molecule has 0 aromatic heterocycles. The van der Waals surface area contributed by atoms with Crippen molar-refractivity contribution in [3.8, 4) is 0 Å². The lowest BCUT2D eigenvalue weighted by atomic mass is 9.83. The first kappa shape index (κ1) is 15.6. The van der Waals surface area contributed by atoms with Crippen molar-refractivity contribution in [3.63, 3.8) is 0 Å². The fourth-order valence-corrected chi connectivity index (χ4v) is 2.30. The van der Waals surface area contributed by atoms with E-state index in [1.165, 1.54) is 13.0 Å². The molecule has 0 bridgehead atoms. The molecule has 0 saturated carbocycles. The average Bonchev–Trinajstić information content (AvgIpc) is 2.28. The zero-order valence-corrected chi connectivity index (χ0v) is 11.6. The number of rotatable bonds is 1. The molecular weight excluding hydrogens is 271 g/mol. The standard InChI is InChI=1S/C13H15FN2O2.ClH/c1-6-8-3-4-10(15)13(18)12(8)11(5-9(6)14)16-7(2)17;/h5,10H,3-4,15H2,1-2H3,(H,16,17);1H. The summed E-state index contributed by atoms with van der Waals surface area (Å²) in [6.07, 6.45) is 1.06. The summed E-state index contributed by atoms with van der Waals surface area (Å²) in [6, 6.07) is 0.612. The summed E-state index contributed by atoms with van der Waals surface area (Å²) >= 11 is 0. The molecule has 0 fully saturated rings. The van der Waals surface area contributed by atoms with E-state index < -0.39 is 11.9 Å². The second-order valence-corrected chi connectivity index (χ2v) is 4.58. The van der Waals surface area contributed by atoms with Crippen LogP contribution in [0.4, 0.5) is 10.1 Å². The Labute approximate surface area is 117 Å². The van der Waals surface area contributed by atoms with Crippen molar-refractivity contribution in [2.45, 2.75) is 32.7 Å². The van der Waals surface area contributed by atoms with Gasteiger partial charge in [0.25, 0.3) is 0 Å². The molecule has 1 aromatic carbocycles. The van der Waals surface area contributed by atoms with Crippen molar-refractivity contribution in [2.75, 3.05) is 5.32 Å². The summed E-state index contributed by atoms with van der Waals surface area (Å²) in [5.41, 5.74) is 7.43. The number of hydrogen-bond donors (Lipinski definition) is 2. The molecule has 0 radical (unpaired) electrons. The van der Waals surface area contributed by atoms with Gasteiger partial charge in [-0.2, -0.15) is 0 Å². The molecule has 104 valence electrons. The van der Waals surface area contributed by atoms with Gasteiger partial charge >= 0.3 is 0 Å². The van der Waals surface area contributed by atoms with Crippen LogP contribution in [0.2, 0.25) is 0 Å². The minimum Gasteiger partial charge on any atom is -0.326 e. The van der Waals surface area contributed by atoms with Crippen LogP contribution in [-0.4, -0.2) is 17.7 Å². The minimum atomic E-state index is -0.574. The Hall–Kier alpha value is -1.46. The summed E-state index contributed by atoms with van der Waals surface area (Å²) in [7, 11) is 0. The van der Waals surface area contributed by atoms with Crippen LogP contribution in [0.3, 0.4) is 0 Å². The van der Waals surface area contributed by atoms with E-state index in [1.54, 1.807) is 6.92 Å². The molecule has 6 heteroatoms. The van der Waals surface area contributed by atoms with E-state index in [-0.39, 0.29) is 29.8 Å². The molecular formula is C13H16ClFN2O2. The third-order valence-electron chi connectivity index (χ3n) is 3.25. The maximum absolute atomic E-state index is 13.7. The predicted octanol–water partition coefficient (Wildman–Crippen LogP) is 1.97. The number of anilines is 1. The number of fused-ring (bicyclic) bond motifs is 1. The van der Waals surface area contributed by atoms with E-state index in [9.17, 15) is 14.0 Å². The number of halogens is 2. The SMILES string of the molecule is CC(=O)Nc1cc(F)c(C)c2c1C(=O)C(N)CC2.Cl. The van der Waals surface area contributed by atoms with E-state index in [1.807, 2.05) is 0 Å². The van der Waals surface area contributed by atoms with E-state index >= 15 is 0 Å². The molecule has 1 unspecified atom stereocenters. The smallest absolute Gasteiger partial charge is 0.221 e. The zero-order chi connectivity index (χ0) is 13.4. The van der Waals surface area contributed by atoms with Crippen LogP contribution in [-0.2, 0) is 11.2 Å². The number of ketones is 1. The van der Waals surface area contributed by atoms with Crippen LogP contribution < -0.4 is 11.1 Å². The number of hydrogen-bond acceptors (Lipinski definition) is 3. The highest BCUT2D eigenvalue weighted by Crippen LogP contribution is 2.32. The predicted molar refractivity (Wildman–Crippen MR) is 73.3 cm³/mol. The summed E-state index contributed by atoms with van der Waals surface area (Å²) in [5.74, 6) is -0.990. The van der Waals surface area contributed by atoms with Crippen molar-refractivity contribution < 1.29 is 14.0 Å².